The number of alkyl carbamates (subject to hydrolysis) is 1. The number of carbonyl (C=O) groups is 6. The van der Waals surface area contributed by atoms with Crippen molar-refractivity contribution in [2.45, 2.75) is 84.2 Å². The van der Waals surface area contributed by atoms with E-state index in [9.17, 15) is 33.9 Å². The van der Waals surface area contributed by atoms with Gasteiger partial charge >= 0.3 is 12.1 Å². The number of hydrogen-bond donors (Lipinski definition) is 6. The van der Waals surface area contributed by atoms with Gasteiger partial charge in [0.15, 0.2) is 0 Å². The van der Waals surface area contributed by atoms with E-state index in [0.29, 0.717) is 23.9 Å². The Morgan fingerprint density at radius 2 is 1.27 bits per heavy atom. The van der Waals surface area contributed by atoms with Crippen LogP contribution in [0.5, 0.6) is 5.75 Å². The predicted octanol–water partition coefficient (Wildman–Crippen LogP) is 3.71. The highest BCUT2D eigenvalue weighted by atomic mass is 32.2. The molecular formula is C40H51N5O9S. The van der Waals surface area contributed by atoms with Crippen molar-refractivity contribution >= 4 is 46.8 Å². The summed E-state index contributed by atoms with van der Waals surface area (Å²) in [5.74, 6) is -2.34. The Kier molecular flexibility index (Phi) is 17.7. The number of esters is 1. The number of rotatable bonds is 19. The topological polar surface area (TPSA) is 201 Å². The number of carbonyl (C=O) groups excluding carboxylic acids is 6. The maximum atomic E-state index is 13.6. The van der Waals surface area contributed by atoms with E-state index < -0.39 is 71.7 Å². The summed E-state index contributed by atoms with van der Waals surface area (Å²) in [6, 6.07) is 21.4. The van der Waals surface area contributed by atoms with Crippen molar-refractivity contribution in [2.24, 2.45) is 5.92 Å². The summed E-state index contributed by atoms with van der Waals surface area (Å²) in [6.07, 6.45) is -0.260. The Morgan fingerprint density at radius 3 is 1.87 bits per heavy atom. The van der Waals surface area contributed by atoms with Crippen LogP contribution in [0.4, 0.5) is 4.79 Å². The molecule has 0 aromatic heterocycles. The molecule has 15 heteroatoms. The molecule has 0 fully saturated rings. The number of phenols is 1. The fourth-order valence-corrected chi connectivity index (χ4v) is 5.66. The molecule has 0 saturated heterocycles. The summed E-state index contributed by atoms with van der Waals surface area (Å²) in [7, 11) is 0. The fraction of sp³-hybridized carbons (Fsp3) is 0.400. The summed E-state index contributed by atoms with van der Waals surface area (Å²) in [5.41, 5.74) is 1.43. The van der Waals surface area contributed by atoms with Crippen molar-refractivity contribution in [3.05, 3.63) is 102 Å². The molecule has 14 nitrogen and oxygen atoms in total. The third-order valence-corrected chi connectivity index (χ3v) is 8.46. The molecule has 3 aromatic rings. The van der Waals surface area contributed by atoms with Crippen LogP contribution in [0.1, 0.15) is 57.7 Å². The maximum absolute atomic E-state index is 13.6. The summed E-state index contributed by atoms with van der Waals surface area (Å²) >= 11 is 0.627. The molecule has 0 saturated carbocycles. The molecule has 0 aliphatic heterocycles. The second-order valence-electron chi connectivity index (χ2n) is 14.2. The first-order valence-corrected chi connectivity index (χ1v) is 18.7. The molecule has 4 amide bonds. The molecule has 0 radical (unpaired) electrons. The van der Waals surface area contributed by atoms with Gasteiger partial charge in [-0.25, -0.2) is 14.3 Å². The van der Waals surface area contributed by atoms with Crippen LogP contribution in [0.2, 0.25) is 0 Å². The third-order valence-electron chi connectivity index (χ3n) is 7.68. The zero-order chi connectivity index (χ0) is 40.4. The van der Waals surface area contributed by atoms with Crippen LogP contribution in [0.25, 0.3) is 0 Å². The maximum Gasteiger partial charge on any atom is 0.408 e. The Morgan fingerprint density at radius 1 is 0.691 bits per heavy atom. The summed E-state index contributed by atoms with van der Waals surface area (Å²) in [6.45, 7) is 8.01. The Balaban J connectivity index is 1.56. The van der Waals surface area contributed by atoms with Gasteiger partial charge in [-0.1, -0.05) is 86.6 Å². The fourth-order valence-electron chi connectivity index (χ4n) is 5.05. The largest absolute Gasteiger partial charge is 0.508 e. The van der Waals surface area contributed by atoms with Crippen LogP contribution < -0.4 is 26.0 Å². The Bertz CT molecular complexity index is 1720. The molecule has 296 valence electrons. The van der Waals surface area contributed by atoms with Crippen molar-refractivity contribution in [3.8, 4) is 5.75 Å². The number of aromatic hydroxyl groups is 1. The van der Waals surface area contributed by atoms with Crippen LogP contribution in [-0.2, 0) is 52.9 Å². The molecule has 3 aromatic carbocycles. The van der Waals surface area contributed by atoms with E-state index in [2.05, 4.69) is 26.0 Å². The van der Waals surface area contributed by atoms with Crippen molar-refractivity contribution < 1.29 is 43.3 Å². The predicted molar refractivity (Wildman–Crippen MR) is 208 cm³/mol. The quantitative estimate of drug-likeness (QED) is 0.0766. The van der Waals surface area contributed by atoms with Crippen LogP contribution in [0, 0.1) is 5.92 Å². The summed E-state index contributed by atoms with van der Waals surface area (Å²) in [4.78, 5) is 77.7. The Hall–Kier alpha value is -5.41. The van der Waals surface area contributed by atoms with E-state index in [4.69, 9.17) is 9.47 Å². The van der Waals surface area contributed by atoms with Crippen molar-refractivity contribution in [1.29, 1.82) is 0 Å². The van der Waals surface area contributed by atoms with Gasteiger partial charge in [-0.15, -0.1) is 0 Å². The number of amides is 4. The van der Waals surface area contributed by atoms with E-state index in [1.807, 2.05) is 74.5 Å². The SMILES string of the molecule is CC(C)C[C@H](NC(=O)[C@H](Cc1ccccc1)NSC(=O)CNC(=O)CNC(=O)[C@H](Cc1ccc(O)cc1)NC(=O)OC(C)(C)C)C(=O)OCc1ccccc1. The average Bonchev–Trinajstić information content (AvgIpc) is 3.13. The standard InChI is InChI=1S/C40H51N5O9S/c1-26(2)20-33(38(51)53-25-29-14-10-7-11-15-29)43-37(50)32(22-27-12-8-6-9-13-27)45-55-35(48)24-41-34(47)23-42-36(49)31(44-39(52)54-40(3,4)5)21-28-16-18-30(46)19-17-28/h6-19,26,31-33,45-46H,20-25H2,1-5H3,(H,41,47)(H,42,49)(H,43,50)(H,44,52)/t31-,32-,33-/m0/s1. The lowest BCUT2D eigenvalue weighted by Gasteiger charge is -2.23. The molecule has 55 heavy (non-hydrogen) atoms. The molecule has 0 unspecified atom stereocenters. The van der Waals surface area contributed by atoms with Gasteiger partial charge in [-0.05, 0) is 80.3 Å². The van der Waals surface area contributed by atoms with Crippen LogP contribution >= 0.6 is 11.9 Å². The first kappa shape index (κ1) is 44.0. The highest BCUT2D eigenvalue weighted by molar-refractivity contribution is 8.12. The monoisotopic (exact) mass is 777 g/mol. The van der Waals surface area contributed by atoms with Crippen LogP contribution in [0.15, 0.2) is 84.9 Å². The van der Waals surface area contributed by atoms with E-state index in [-0.39, 0.29) is 31.1 Å². The average molecular weight is 778 g/mol. The molecule has 3 rings (SSSR count). The van der Waals surface area contributed by atoms with Gasteiger partial charge in [0.1, 0.15) is 36.1 Å². The van der Waals surface area contributed by atoms with Gasteiger partial charge in [0.25, 0.3) is 0 Å². The summed E-state index contributed by atoms with van der Waals surface area (Å²) < 4.78 is 13.7. The second-order valence-corrected chi connectivity index (χ2v) is 15.1. The van der Waals surface area contributed by atoms with E-state index in [0.717, 1.165) is 11.1 Å². The minimum absolute atomic E-state index is 0.0337. The molecule has 3 atom stereocenters. The van der Waals surface area contributed by atoms with Gasteiger partial charge in [0.05, 0.1) is 13.1 Å². The van der Waals surface area contributed by atoms with Gasteiger partial charge in [0.2, 0.25) is 22.8 Å². The Labute approximate surface area is 326 Å². The smallest absolute Gasteiger partial charge is 0.408 e. The lowest BCUT2D eigenvalue weighted by atomic mass is 10.0. The molecule has 0 spiro atoms. The van der Waals surface area contributed by atoms with Gasteiger partial charge in [-0.3, -0.25) is 19.2 Å². The molecular weight excluding hydrogens is 727 g/mol. The highest BCUT2D eigenvalue weighted by Gasteiger charge is 2.29. The number of nitrogens with one attached hydrogen (secondary N) is 5. The molecule has 0 heterocycles. The zero-order valence-electron chi connectivity index (χ0n) is 31.8. The zero-order valence-corrected chi connectivity index (χ0v) is 32.6. The summed E-state index contributed by atoms with van der Waals surface area (Å²) in [5, 5.41) is 19.3. The molecule has 0 bridgehead atoms. The first-order valence-electron chi connectivity index (χ1n) is 17.9. The molecule has 0 aliphatic rings. The molecule has 6 N–H and O–H groups in total. The normalized spacial score (nSPS) is 12.8. The lowest BCUT2D eigenvalue weighted by molar-refractivity contribution is -0.149. The van der Waals surface area contributed by atoms with Crippen LogP contribution in [-0.4, -0.2) is 76.8 Å². The second kappa shape index (κ2) is 22.1. The minimum Gasteiger partial charge on any atom is -0.508 e. The van der Waals surface area contributed by atoms with Crippen molar-refractivity contribution in [3.63, 3.8) is 0 Å². The van der Waals surface area contributed by atoms with Gasteiger partial charge < -0.3 is 35.8 Å². The lowest BCUT2D eigenvalue weighted by Crippen LogP contribution is -2.51. The van der Waals surface area contributed by atoms with Gasteiger partial charge in [-0.2, -0.15) is 0 Å². The first-order chi connectivity index (χ1) is 26.1. The third kappa shape index (κ3) is 17.5. The molecule has 0 aliphatic carbocycles. The minimum atomic E-state index is -1.12. The van der Waals surface area contributed by atoms with Crippen molar-refractivity contribution in [2.75, 3.05) is 13.1 Å². The number of phenolic OH excluding ortho intramolecular Hbond substituents is 1. The van der Waals surface area contributed by atoms with Crippen LogP contribution in [0.3, 0.4) is 0 Å². The number of ether oxygens (including phenoxy) is 2. The van der Waals surface area contributed by atoms with Crippen molar-refractivity contribution in [1.82, 2.24) is 26.0 Å². The van der Waals surface area contributed by atoms with E-state index in [1.165, 1.54) is 12.1 Å². The van der Waals surface area contributed by atoms with E-state index in [1.54, 1.807) is 32.9 Å². The van der Waals surface area contributed by atoms with E-state index >= 15 is 0 Å². The highest BCUT2D eigenvalue weighted by Crippen LogP contribution is 2.14. The van der Waals surface area contributed by atoms with Gasteiger partial charge in [0, 0.05) is 6.42 Å². The number of benzene rings is 3. The number of hydrogen-bond acceptors (Lipinski definition) is 11.